The van der Waals surface area contributed by atoms with E-state index in [0.29, 0.717) is 0 Å². The molecule has 0 saturated heterocycles. The second-order valence-corrected chi connectivity index (χ2v) is 16.6. The van der Waals surface area contributed by atoms with Crippen LogP contribution in [0.1, 0.15) is 23.6 Å². The Balaban J connectivity index is 1.05. The maximum atomic E-state index is 2.46. The van der Waals surface area contributed by atoms with Crippen molar-refractivity contribution in [3.8, 4) is 66.8 Å². The van der Waals surface area contributed by atoms with Crippen molar-refractivity contribution in [3.63, 3.8) is 0 Å². The molecule has 0 fully saturated rings. The van der Waals surface area contributed by atoms with E-state index in [1.807, 2.05) is 0 Å². The van der Waals surface area contributed by atoms with E-state index >= 15 is 0 Å². The van der Waals surface area contributed by atoms with Gasteiger partial charge in [0, 0.05) is 22.4 Å². The van der Waals surface area contributed by atoms with E-state index in [9.17, 15) is 0 Å². The van der Waals surface area contributed by atoms with Crippen molar-refractivity contribution in [2.75, 3.05) is 4.90 Å². The number of anilines is 3. The molecule has 0 aliphatic heterocycles. The molecule has 0 spiro atoms. The molecule has 0 bridgehead atoms. The van der Waals surface area contributed by atoms with Crippen molar-refractivity contribution in [1.82, 2.24) is 0 Å². The zero-order valence-electron chi connectivity index (χ0n) is 35.2. The quantitative estimate of drug-likeness (QED) is 0.140. The summed E-state index contributed by atoms with van der Waals surface area (Å²) in [5.41, 5.74) is 21.4. The van der Waals surface area contributed by atoms with Gasteiger partial charge in [0.1, 0.15) is 0 Å². The third-order valence-corrected chi connectivity index (χ3v) is 13.0. The van der Waals surface area contributed by atoms with E-state index in [2.05, 4.69) is 267 Å². The lowest BCUT2D eigenvalue weighted by Crippen LogP contribution is -2.23. The summed E-state index contributed by atoms with van der Waals surface area (Å²) in [6.07, 6.45) is 0. The van der Waals surface area contributed by atoms with Crippen LogP contribution in [0, 0.1) is 0 Å². The van der Waals surface area contributed by atoms with Gasteiger partial charge in [0.2, 0.25) is 0 Å². The summed E-state index contributed by atoms with van der Waals surface area (Å²) in [6.45, 7) is 2.42. The molecule has 0 N–H and O–H groups in total. The Morgan fingerprint density at radius 1 is 0.270 bits per heavy atom. The lowest BCUT2D eigenvalue weighted by atomic mass is 9.73. The molecule has 1 heteroatoms. The molecule has 0 amide bonds. The van der Waals surface area contributed by atoms with E-state index in [1.54, 1.807) is 0 Å². The first-order valence-electron chi connectivity index (χ1n) is 21.8. The number of fused-ring (bicyclic) bond motifs is 3. The number of hydrogen-bond acceptors (Lipinski definition) is 1. The lowest BCUT2D eigenvalue weighted by Gasteiger charge is -2.32. The molecule has 0 saturated carbocycles. The Morgan fingerprint density at radius 3 is 1.17 bits per heavy atom. The van der Waals surface area contributed by atoms with Crippen LogP contribution in [0.2, 0.25) is 0 Å². The Bertz CT molecular complexity index is 3170. The third kappa shape index (κ3) is 6.94. The predicted octanol–water partition coefficient (Wildman–Crippen LogP) is 16.8. The van der Waals surface area contributed by atoms with Gasteiger partial charge >= 0.3 is 0 Å². The molecule has 1 aliphatic rings. The smallest absolute Gasteiger partial charge is 0.0540 e. The highest BCUT2D eigenvalue weighted by molar-refractivity contribution is 5.92. The van der Waals surface area contributed by atoms with Crippen molar-refractivity contribution in [2.45, 2.75) is 12.3 Å². The van der Waals surface area contributed by atoms with Gasteiger partial charge in [0.05, 0.1) is 5.69 Å². The van der Waals surface area contributed by atoms with Crippen molar-refractivity contribution in [1.29, 1.82) is 0 Å². The first kappa shape index (κ1) is 38.0. The summed E-state index contributed by atoms with van der Waals surface area (Å²) in [5, 5.41) is 0. The molecule has 298 valence electrons. The van der Waals surface area contributed by atoms with E-state index in [1.165, 1.54) is 83.5 Å². The Kier molecular flexibility index (Phi) is 9.71. The summed E-state index contributed by atoms with van der Waals surface area (Å²) in [7, 11) is 0. The molecule has 10 aromatic carbocycles. The topological polar surface area (TPSA) is 3.24 Å². The SMILES string of the molecule is CC1(c2ccccc2)c2cc(-c3ccc(-c4ccccc4)cc3)ccc2-c2ccc(N(c3ccc(-c4ccccc4)cc3)c3ccccc3-c3ccc(-c4ccccc4)cc3)cc21. The minimum absolute atomic E-state index is 0.405. The minimum Gasteiger partial charge on any atom is -0.310 e. The molecule has 63 heavy (non-hydrogen) atoms. The summed E-state index contributed by atoms with van der Waals surface area (Å²) in [6, 6.07) is 93.0. The Labute approximate surface area is 370 Å². The second-order valence-electron chi connectivity index (χ2n) is 16.6. The van der Waals surface area contributed by atoms with Crippen LogP contribution in [0.25, 0.3) is 66.8 Å². The number of rotatable bonds is 9. The van der Waals surface area contributed by atoms with E-state index in [0.717, 1.165) is 17.1 Å². The third-order valence-electron chi connectivity index (χ3n) is 13.0. The van der Waals surface area contributed by atoms with Gasteiger partial charge in [-0.1, -0.05) is 218 Å². The minimum atomic E-state index is -0.405. The van der Waals surface area contributed by atoms with Gasteiger partial charge in [0.15, 0.2) is 0 Å². The largest absolute Gasteiger partial charge is 0.310 e. The fourth-order valence-electron chi connectivity index (χ4n) is 9.65. The van der Waals surface area contributed by atoms with Gasteiger partial charge < -0.3 is 4.90 Å². The van der Waals surface area contributed by atoms with Gasteiger partial charge in [-0.3, -0.25) is 0 Å². The highest BCUT2D eigenvalue weighted by Crippen LogP contribution is 2.55. The Hall–Kier alpha value is -8.00. The maximum Gasteiger partial charge on any atom is 0.0540 e. The number of hydrogen-bond donors (Lipinski definition) is 0. The average molecular weight is 804 g/mol. The highest BCUT2D eigenvalue weighted by atomic mass is 15.1. The fraction of sp³-hybridized carbons (Fsp3) is 0.0323. The van der Waals surface area contributed by atoms with Crippen molar-refractivity contribution in [2.24, 2.45) is 0 Å². The predicted molar refractivity (Wildman–Crippen MR) is 266 cm³/mol. The molecule has 0 radical (unpaired) electrons. The van der Waals surface area contributed by atoms with Gasteiger partial charge in [-0.15, -0.1) is 0 Å². The van der Waals surface area contributed by atoms with Crippen LogP contribution in [0.5, 0.6) is 0 Å². The monoisotopic (exact) mass is 803 g/mol. The number of benzene rings is 10. The fourth-order valence-corrected chi connectivity index (χ4v) is 9.65. The van der Waals surface area contributed by atoms with Crippen LogP contribution in [0.3, 0.4) is 0 Å². The van der Waals surface area contributed by atoms with Gasteiger partial charge in [-0.25, -0.2) is 0 Å². The molecular weight excluding hydrogens is 759 g/mol. The van der Waals surface area contributed by atoms with E-state index < -0.39 is 5.41 Å². The first-order chi connectivity index (χ1) is 31.1. The number of para-hydroxylation sites is 1. The average Bonchev–Trinajstić information content (AvgIpc) is 3.62. The first-order valence-corrected chi connectivity index (χ1v) is 21.8. The van der Waals surface area contributed by atoms with Gasteiger partial charge in [-0.05, 0) is 121 Å². The normalized spacial score (nSPS) is 13.9. The van der Waals surface area contributed by atoms with E-state index in [-0.39, 0.29) is 0 Å². The molecule has 1 unspecified atom stereocenters. The van der Waals surface area contributed by atoms with Gasteiger partial charge in [-0.2, -0.15) is 0 Å². The van der Waals surface area contributed by atoms with Crippen molar-refractivity contribution < 1.29 is 0 Å². The van der Waals surface area contributed by atoms with Crippen molar-refractivity contribution >= 4 is 17.1 Å². The van der Waals surface area contributed by atoms with Crippen LogP contribution in [0.15, 0.2) is 255 Å². The standard InChI is InChI=1S/C62H45N/c1-62(53-22-12-5-13-23-53)59-42-52(50-28-26-47(27-29-50)44-16-6-2-7-17-44)36-40-57(59)58-41-39-55(43-60(58)62)63(54-37-34-49(35-38-54)46-20-10-4-11-21-46)61-25-15-14-24-56(61)51-32-30-48(31-33-51)45-18-8-3-9-19-45/h2-43H,1H3. The van der Waals surface area contributed by atoms with Crippen LogP contribution in [-0.2, 0) is 5.41 Å². The van der Waals surface area contributed by atoms with Gasteiger partial charge in [0.25, 0.3) is 0 Å². The molecular formula is C62H45N. The highest BCUT2D eigenvalue weighted by Gasteiger charge is 2.41. The zero-order valence-corrected chi connectivity index (χ0v) is 35.2. The molecule has 1 aliphatic carbocycles. The zero-order chi connectivity index (χ0) is 42.2. The molecule has 1 nitrogen and oxygen atoms in total. The van der Waals surface area contributed by atoms with E-state index in [4.69, 9.17) is 0 Å². The molecule has 1 atom stereocenters. The van der Waals surface area contributed by atoms with Crippen LogP contribution in [0.4, 0.5) is 17.1 Å². The summed E-state index contributed by atoms with van der Waals surface area (Å²) in [5.74, 6) is 0. The lowest BCUT2D eigenvalue weighted by molar-refractivity contribution is 0.714. The summed E-state index contributed by atoms with van der Waals surface area (Å²) in [4.78, 5) is 2.45. The summed E-state index contributed by atoms with van der Waals surface area (Å²) < 4.78 is 0. The molecule has 11 rings (SSSR count). The van der Waals surface area contributed by atoms with Crippen LogP contribution in [-0.4, -0.2) is 0 Å². The van der Waals surface area contributed by atoms with Crippen LogP contribution < -0.4 is 4.90 Å². The molecule has 0 aromatic heterocycles. The molecule has 0 heterocycles. The number of nitrogens with zero attached hydrogens (tertiary/aromatic N) is 1. The van der Waals surface area contributed by atoms with Crippen LogP contribution >= 0.6 is 0 Å². The maximum absolute atomic E-state index is 2.46. The van der Waals surface area contributed by atoms with Crippen molar-refractivity contribution in [3.05, 3.63) is 271 Å². The molecule has 10 aromatic rings. The second kappa shape index (κ2) is 16.1. The summed E-state index contributed by atoms with van der Waals surface area (Å²) >= 11 is 0. The Morgan fingerprint density at radius 2 is 0.635 bits per heavy atom.